The first-order chi connectivity index (χ1) is 9.90. The van der Waals surface area contributed by atoms with E-state index in [4.69, 9.17) is 0 Å². The molecule has 0 bridgehead atoms. The van der Waals surface area contributed by atoms with E-state index in [1.807, 2.05) is 6.92 Å². The first-order valence-corrected chi connectivity index (χ1v) is 7.01. The van der Waals surface area contributed by atoms with Gasteiger partial charge in [0.15, 0.2) is 0 Å². The first-order valence-electron chi connectivity index (χ1n) is 6.21. The van der Waals surface area contributed by atoms with Crippen LogP contribution in [-0.4, -0.2) is 10.8 Å². The van der Waals surface area contributed by atoms with E-state index in [0.717, 1.165) is 11.1 Å². The maximum atomic E-state index is 12.2. The minimum atomic E-state index is -0.498. The smallest absolute Gasteiger partial charge is 0.293 e. The SMILES string of the molecule is Cc1cc(NC(=O)c2ccccc2Br)c([N+](=O)[O-])cc1C. The lowest BCUT2D eigenvalue weighted by Gasteiger charge is -2.09. The molecule has 6 heteroatoms. The van der Waals surface area contributed by atoms with Crippen molar-refractivity contribution in [3.63, 3.8) is 0 Å². The number of amides is 1. The molecule has 2 aromatic rings. The molecular weight excluding hydrogens is 336 g/mol. The number of benzene rings is 2. The van der Waals surface area contributed by atoms with Gasteiger partial charge in [0.05, 0.1) is 10.5 Å². The second kappa shape index (κ2) is 6.05. The molecular formula is C15H13BrN2O3. The molecule has 0 aliphatic carbocycles. The molecule has 0 unspecified atom stereocenters. The van der Waals surface area contributed by atoms with Gasteiger partial charge in [-0.25, -0.2) is 0 Å². The molecule has 0 spiro atoms. The Bertz CT molecular complexity index is 729. The molecule has 0 radical (unpaired) electrons. The van der Waals surface area contributed by atoms with Gasteiger partial charge in [0.25, 0.3) is 11.6 Å². The van der Waals surface area contributed by atoms with Crippen LogP contribution in [0.1, 0.15) is 21.5 Å². The van der Waals surface area contributed by atoms with Gasteiger partial charge in [0.1, 0.15) is 5.69 Å². The number of aryl methyl sites for hydroxylation is 2. The molecule has 1 N–H and O–H groups in total. The van der Waals surface area contributed by atoms with Crippen LogP contribution in [0.5, 0.6) is 0 Å². The summed E-state index contributed by atoms with van der Waals surface area (Å²) in [6.07, 6.45) is 0. The van der Waals surface area contributed by atoms with E-state index >= 15 is 0 Å². The Morgan fingerprint density at radius 2 is 1.81 bits per heavy atom. The third-order valence-corrected chi connectivity index (χ3v) is 3.87. The molecule has 0 atom stereocenters. The van der Waals surface area contributed by atoms with Gasteiger partial charge in [-0.3, -0.25) is 14.9 Å². The molecule has 0 aromatic heterocycles. The maximum Gasteiger partial charge on any atom is 0.293 e. The quantitative estimate of drug-likeness (QED) is 0.666. The summed E-state index contributed by atoms with van der Waals surface area (Å²) in [5.41, 5.74) is 2.19. The van der Waals surface area contributed by atoms with Crippen LogP contribution in [0.2, 0.25) is 0 Å². The van der Waals surface area contributed by atoms with Crippen molar-refractivity contribution in [3.05, 3.63) is 67.7 Å². The van der Waals surface area contributed by atoms with Gasteiger partial charge in [-0.05, 0) is 59.1 Å². The molecule has 0 saturated carbocycles. The zero-order chi connectivity index (χ0) is 15.6. The highest BCUT2D eigenvalue weighted by molar-refractivity contribution is 9.10. The number of carbonyl (C=O) groups excluding carboxylic acids is 1. The summed E-state index contributed by atoms with van der Waals surface area (Å²) in [5.74, 6) is -0.395. The largest absolute Gasteiger partial charge is 0.316 e. The van der Waals surface area contributed by atoms with Crippen molar-refractivity contribution in [2.24, 2.45) is 0 Å². The molecule has 5 nitrogen and oxygen atoms in total. The summed E-state index contributed by atoms with van der Waals surface area (Å²) in [6.45, 7) is 3.63. The topological polar surface area (TPSA) is 72.2 Å². The van der Waals surface area contributed by atoms with E-state index in [1.54, 1.807) is 37.3 Å². The highest BCUT2D eigenvalue weighted by Gasteiger charge is 2.19. The fourth-order valence-corrected chi connectivity index (χ4v) is 2.35. The molecule has 0 aliphatic rings. The predicted molar refractivity (Wildman–Crippen MR) is 84.7 cm³/mol. The number of nitro benzene ring substituents is 1. The van der Waals surface area contributed by atoms with Gasteiger partial charge >= 0.3 is 0 Å². The van der Waals surface area contributed by atoms with Crippen molar-refractivity contribution < 1.29 is 9.72 Å². The number of rotatable bonds is 3. The van der Waals surface area contributed by atoms with Gasteiger partial charge in [0, 0.05) is 10.5 Å². The van der Waals surface area contributed by atoms with E-state index in [2.05, 4.69) is 21.2 Å². The Labute approximate surface area is 130 Å². The Kier molecular flexibility index (Phi) is 4.37. The molecule has 108 valence electrons. The molecule has 0 saturated heterocycles. The summed E-state index contributed by atoms with van der Waals surface area (Å²) in [5, 5.41) is 13.7. The number of carbonyl (C=O) groups is 1. The lowest BCUT2D eigenvalue weighted by Crippen LogP contribution is -2.14. The zero-order valence-corrected chi connectivity index (χ0v) is 13.1. The van der Waals surface area contributed by atoms with E-state index in [9.17, 15) is 14.9 Å². The summed E-state index contributed by atoms with van der Waals surface area (Å²) in [4.78, 5) is 22.9. The third-order valence-electron chi connectivity index (χ3n) is 3.18. The van der Waals surface area contributed by atoms with E-state index < -0.39 is 10.8 Å². The number of anilines is 1. The number of halogens is 1. The van der Waals surface area contributed by atoms with Crippen LogP contribution in [0, 0.1) is 24.0 Å². The van der Waals surface area contributed by atoms with E-state index in [1.165, 1.54) is 6.07 Å². The Morgan fingerprint density at radius 3 is 2.43 bits per heavy atom. The van der Waals surface area contributed by atoms with Crippen LogP contribution in [-0.2, 0) is 0 Å². The Morgan fingerprint density at radius 1 is 1.19 bits per heavy atom. The fourth-order valence-electron chi connectivity index (χ4n) is 1.89. The van der Waals surface area contributed by atoms with Gasteiger partial charge in [-0.1, -0.05) is 12.1 Å². The second-order valence-corrected chi connectivity index (χ2v) is 5.50. The third kappa shape index (κ3) is 3.28. The van der Waals surface area contributed by atoms with Crippen molar-refractivity contribution in [2.45, 2.75) is 13.8 Å². The van der Waals surface area contributed by atoms with Gasteiger partial charge < -0.3 is 5.32 Å². The summed E-state index contributed by atoms with van der Waals surface area (Å²) in [7, 11) is 0. The van der Waals surface area contributed by atoms with Crippen LogP contribution in [0.3, 0.4) is 0 Å². The lowest BCUT2D eigenvalue weighted by atomic mass is 10.1. The number of hydrogen-bond acceptors (Lipinski definition) is 3. The molecule has 0 fully saturated rings. The van der Waals surface area contributed by atoms with Gasteiger partial charge in [-0.2, -0.15) is 0 Å². The maximum absolute atomic E-state index is 12.2. The van der Waals surface area contributed by atoms with Crippen LogP contribution < -0.4 is 5.32 Å². The minimum Gasteiger partial charge on any atom is -0.316 e. The highest BCUT2D eigenvalue weighted by Crippen LogP contribution is 2.29. The lowest BCUT2D eigenvalue weighted by molar-refractivity contribution is -0.384. The summed E-state index contributed by atoms with van der Waals surface area (Å²) >= 11 is 3.29. The van der Waals surface area contributed by atoms with E-state index in [0.29, 0.717) is 10.0 Å². The van der Waals surface area contributed by atoms with Gasteiger partial charge in [0.2, 0.25) is 0 Å². The Hall–Kier alpha value is -2.21. The molecule has 1 amide bonds. The standard InChI is InChI=1S/C15H13BrN2O3/c1-9-7-13(14(18(20)21)8-10(9)2)17-15(19)11-5-3-4-6-12(11)16/h3-8H,1-2H3,(H,17,19). The van der Waals surface area contributed by atoms with Crippen LogP contribution in [0.25, 0.3) is 0 Å². The summed E-state index contributed by atoms with van der Waals surface area (Å²) in [6, 6.07) is 9.98. The average molecular weight is 349 g/mol. The van der Waals surface area contributed by atoms with Crippen LogP contribution in [0.4, 0.5) is 11.4 Å². The molecule has 21 heavy (non-hydrogen) atoms. The fraction of sp³-hybridized carbons (Fsp3) is 0.133. The zero-order valence-electron chi connectivity index (χ0n) is 11.5. The first kappa shape index (κ1) is 15.2. The van der Waals surface area contributed by atoms with Crippen molar-refractivity contribution in [3.8, 4) is 0 Å². The number of nitrogens with one attached hydrogen (secondary N) is 1. The number of hydrogen-bond donors (Lipinski definition) is 1. The molecule has 2 aromatic carbocycles. The Balaban J connectivity index is 2.40. The van der Waals surface area contributed by atoms with Crippen LogP contribution in [0.15, 0.2) is 40.9 Å². The van der Waals surface area contributed by atoms with Crippen molar-refractivity contribution >= 4 is 33.2 Å². The molecule has 0 aliphatic heterocycles. The predicted octanol–water partition coefficient (Wildman–Crippen LogP) is 4.23. The van der Waals surface area contributed by atoms with Crippen molar-refractivity contribution in [1.82, 2.24) is 0 Å². The summed E-state index contributed by atoms with van der Waals surface area (Å²) < 4.78 is 0.633. The average Bonchev–Trinajstić information content (AvgIpc) is 2.42. The minimum absolute atomic E-state index is 0.112. The normalized spacial score (nSPS) is 10.2. The number of nitrogens with zero attached hydrogens (tertiary/aromatic N) is 1. The highest BCUT2D eigenvalue weighted by atomic mass is 79.9. The van der Waals surface area contributed by atoms with Crippen molar-refractivity contribution in [1.29, 1.82) is 0 Å². The van der Waals surface area contributed by atoms with Crippen LogP contribution >= 0.6 is 15.9 Å². The number of nitro groups is 1. The monoisotopic (exact) mass is 348 g/mol. The van der Waals surface area contributed by atoms with Crippen molar-refractivity contribution in [2.75, 3.05) is 5.32 Å². The van der Waals surface area contributed by atoms with E-state index in [-0.39, 0.29) is 11.4 Å². The molecule has 0 heterocycles. The molecule has 2 rings (SSSR count). The second-order valence-electron chi connectivity index (χ2n) is 4.64. The van der Waals surface area contributed by atoms with Gasteiger partial charge in [-0.15, -0.1) is 0 Å².